The topological polar surface area (TPSA) is 122 Å². The minimum atomic E-state index is -3.73. The van der Waals surface area contributed by atoms with Gasteiger partial charge < -0.3 is 15.5 Å². The maximum Gasteiger partial charge on any atom is 0.317 e. The zero-order valence-corrected chi connectivity index (χ0v) is 14.2. The summed E-state index contributed by atoms with van der Waals surface area (Å²) in [6, 6.07) is 5.49. The van der Waals surface area contributed by atoms with E-state index in [1.807, 2.05) is 6.92 Å². The number of carbonyl (C=O) groups is 2. The van der Waals surface area contributed by atoms with Crippen molar-refractivity contribution >= 4 is 22.0 Å². The molecular weight excluding hydrogens is 320 g/mol. The van der Waals surface area contributed by atoms with Crippen molar-refractivity contribution in [3.05, 3.63) is 29.8 Å². The summed E-state index contributed by atoms with van der Waals surface area (Å²) in [6.07, 6.45) is 0. The number of nitrogens with two attached hydrogens (primary N) is 1. The highest BCUT2D eigenvalue weighted by atomic mass is 32.2. The molecule has 0 aromatic heterocycles. The minimum absolute atomic E-state index is 0.0239. The van der Waals surface area contributed by atoms with E-state index in [1.165, 1.54) is 24.0 Å². The number of sulfonamides is 1. The predicted octanol–water partition coefficient (Wildman–Crippen LogP) is 0.173. The molecule has 0 bridgehead atoms. The first-order chi connectivity index (χ1) is 10.6. The molecule has 1 unspecified atom stereocenters. The van der Waals surface area contributed by atoms with Crippen LogP contribution in [0.5, 0.6) is 0 Å². The highest BCUT2D eigenvalue weighted by molar-refractivity contribution is 7.89. The molecule has 8 nitrogen and oxygen atoms in total. The SMILES string of the molecule is CC(=O)NCCNC(=O)N(C)C(C)c1ccc(S(N)(=O)=O)cc1. The lowest BCUT2D eigenvalue weighted by Gasteiger charge is -2.25. The molecule has 0 aliphatic heterocycles. The molecule has 0 heterocycles. The van der Waals surface area contributed by atoms with Crippen LogP contribution in [-0.4, -0.2) is 45.4 Å². The zero-order valence-electron chi connectivity index (χ0n) is 13.4. The number of hydrogen-bond acceptors (Lipinski definition) is 4. The van der Waals surface area contributed by atoms with E-state index in [0.29, 0.717) is 13.1 Å². The molecular formula is C14H22N4O4S. The molecule has 0 fully saturated rings. The number of urea groups is 1. The normalized spacial score (nSPS) is 12.3. The summed E-state index contributed by atoms with van der Waals surface area (Å²) < 4.78 is 22.4. The van der Waals surface area contributed by atoms with Crippen molar-refractivity contribution in [3.63, 3.8) is 0 Å². The Hall–Kier alpha value is -2.13. The van der Waals surface area contributed by atoms with Crippen molar-refractivity contribution in [3.8, 4) is 0 Å². The quantitative estimate of drug-likeness (QED) is 0.638. The Kier molecular flexibility index (Phi) is 6.52. The Morgan fingerprint density at radius 1 is 1.17 bits per heavy atom. The van der Waals surface area contributed by atoms with Crippen LogP contribution < -0.4 is 15.8 Å². The highest BCUT2D eigenvalue weighted by Crippen LogP contribution is 2.20. The van der Waals surface area contributed by atoms with Gasteiger partial charge in [0, 0.05) is 27.1 Å². The van der Waals surface area contributed by atoms with Crippen LogP contribution in [0.2, 0.25) is 0 Å². The summed E-state index contributed by atoms with van der Waals surface area (Å²) in [6.45, 7) is 3.90. The van der Waals surface area contributed by atoms with Crippen molar-refractivity contribution < 1.29 is 18.0 Å². The molecule has 1 aromatic rings. The Morgan fingerprint density at radius 3 is 2.17 bits per heavy atom. The van der Waals surface area contributed by atoms with Gasteiger partial charge in [0.1, 0.15) is 0 Å². The van der Waals surface area contributed by atoms with E-state index in [0.717, 1.165) is 5.56 Å². The number of primary sulfonamides is 1. The van der Waals surface area contributed by atoms with Crippen molar-refractivity contribution in [2.24, 2.45) is 5.14 Å². The smallest absolute Gasteiger partial charge is 0.317 e. The van der Waals surface area contributed by atoms with Gasteiger partial charge in [0.25, 0.3) is 0 Å². The second kappa shape index (κ2) is 7.93. The molecule has 128 valence electrons. The van der Waals surface area contributed by atoms with E-state index in [1.54, 1.807) is 19.2 Å². The third kappa shape index (κ3) is 5.87. The van der Waals surface area contributed by atoms with Crippen LogP contribution in [-0.2, 0) is 14.8 Å². The number of nitrogens with one attached hydrogen (secondary N) is 2. The Morgan fingerprint density at radius 2 is 1.70 bits per heavy atom. The van der Waals surface area contributed by atoms with Gasteiger partial charge in [-0.25, -0.2) is 18.4 Å². The van der Waals surface area contributed by atoms with Crippen LogP contribution in [0.4, 0.5) is 4.79 Å². The summed E-state index contributed by atoms with van der Waals surface area (Å²) in [5, 5.41) is 10.3. The molecule has 1 rings (SSSR count). The molecule has 1 aromatic carbocycles. The highest BCUT2D eigenvalue weighted by Gasteiger charge is 2.17. The lowest BCUT2D eigenvalue weighted by Crippen LogP contribution is -2.42. The van der Waals surface area contributed by atoms with E-state index in [2.05, 4.69) is 10.6 Å². The molecule has 0 spiro atoms. The summed E-state index contributed by atoms with van der Waals surface area (Å²) in [5.41, 5.74) is 0.775. The Balaban J connectivity index is 2.63. The maximum absolute atomic E-state index is 12.0. The number of rotatable bonds is 6. The molecule has 0 radical (unpaired) electrons. The Bertz CT molecular complexity index is 658. The van der Waals surface area contributed by atoms with Crippen molar-refractivity contribution in [1.29, 1.82) is 0 Å². The third-order valence-corrected chi connectivity index (χ3v) is 4.30. The fraction of sp³-hybridized carbons (Fsp3) is 0.429. The van der Waals surface area contributed by atoms with E-state index in [4.69, 9.17) is 5.14 Å². The average molecular weight is 342 g/mol. The van der Waals surface area contributed by atoms with Gasteiger partial charge in [0.05, 0.1) is 10.9 Å². The predicted molar refractivity (Wildman–Crippen MR) is 86.1 cm³/mol. The van der Waals surface area contributed by atoms with E-state index >= 15 is 0 Å². The third-order valence-electron chi connectivity index (χ3n) is 3.37. The summed E-state index contributed by atoms with van der Waals surface area (Å²) >= 11 is 0. The second-order valence-corrected chi connectivity index (χ2v) is 6.68. The maximum atomic E-state index is 12.0. The van der Waals surface area contributed by atoms with E-state index in [-0.39, 0.29) is 22.9 Å². The molecule has 23 heavy (non-hydrogen) atoms. The zero-order chi connectivity index (χ0) is 17.6. The molecule has 1 atom stereocenters. The molecule has 0 aliphatic rings. The molecule has 4 N–H and O–H groups in total. The largest absolute Gasteiger partial charge is 0.355 e. The first-order valence-electron chi connectivity index (χ1n) is 7.00. The summed E-state index contributed by atoms with van der Waals surface area (Å²) in [5.74, 6) is -0.157. The van der Waals surface area contributed by atoms with Gasteiger partial charge in [-0.2, -0.15) is 0 Å². The van der Waals surface area contributed by atoms with Crippen molar-refractivity contribution in [1.82, 2.24) is 15.5 Å². The fourth-order valence-corrected chi connectivity index (χ4v) is 2.38. The lowest BCUT2D eigenvalue weighted by atomic mass is 10.1. The van der Waals surface area contributed by atoms with Crippen LogP contribution in [0.1, 0.15) is 25.5 Å². The number of hydrogen-bond donors (Lipinski definition) is 3. The van der Waals surface area contributed by atoms with Gasteiger partial charge in [-0.1, -0.05) is 12.1 Å². The monoisotopic (exact) mass is 342 g/mol. The minimum Gasteiger partial charge on any atom is -0.355 e. The average Bonchev–Trinajstić information content (AvgIpc) is 2.49. The first kappa shape index (κ1) is 18.9. The van der Waals surface area contributed by atoms with Crippen LogP contribution in [0.25, 0.3) is 0 Å². The van der Waals surface area contributed by atoms with Gasteiger partial charge in [-0.05, 0) is 24.6 Å². The van der Waals surface area contributed by atoms with Gasteiger partial charge in [0.15, 0.2) is 0 Å². The van der Waals surface area contributed by atoms with Gasteiger partial charge in [0.2, 0.25) is 15.9 Å². The number of benzene rings is 1. The van der Waals surface area contributed by atoms with Gasteiger partial charge in [-0.15, -0.1) is 0 Å². The lowest BCUT2D eigenvalue weighted by molar-refractivity contribution is -0.118. The molecule has 0 saturated heterocycles. The van der Waals surface area contributed by atoms with E-state index in [9.17, 15) is 18.0 Å². The molecule has 0 saturated carbocycles. The van der Waals surface area contributed by atoms with Crippen LogP contribution in [0.3, 0.4) is 0 Å². The van der Waals surface area contributed by atoms with Crippen molar-refractivity contribution in [2.45, 2.75) is 24.8 Å². The number of nitrogens with zero attached hydrogens (tertiary/aromatic N) is 1. The summed E-state index contributed by atoms with van der Waals surface area (Å²) in [4.78, 5) is 24.3. The molecule has 3 amide bonds. The standard InChI is InChI=1S/C14H22N4O4S/c1-10(12-4-6-13(7-5-12)23(15,21)22)18(3)14(20)17-9-8-16-11(2)19/h4-7,10H,8-9H2,1-3H3,(H,16,19)(H,17,20)(H2,15,21,22). The molecule has 0 aliphatic carbocycles. The van der Waals surface area contributed by atoms with Crippen LogP contribution in [0.15, 0.2) is 29.2 Å². The number of amides is 3. The van der Waals surface area contributed by atoms with Gasteiger partial charge >= 0.3 is 6.03 Å². The Labute approximate surface area is 136 Å². The van der Waals surface area contributed by atoms with Gasteiger partial charge in [-0.3, -0.25) is 4.79 Å². The first-order valence-corrected chi connectivity index (χ1v) is 8.55. The summed E-state index contributed by atoms with van der Waals surface area (Å²) in [7, 11) is -2.10. The number of carbonyl (C=O) groups excluding carboxylic acids is 2. The van der Waals surface area contributed by atoms with Crippen molar-refractivity contribution in [2.75, 3.05) is 20.1 Å². The van der Waals surface area contributed by atoms with Crippen LogP contribution in [0, 0.1) is 0 Å². The fourth-order valence-electron chi connectivity index (χ4n) is 1.87. The molecule has 9 heteroatoms. The van der Waals surface area contributed by atoms with Crippen LogP contribution >= 0.6 is 0 Å². The second-order valence-electron chi connectivity index (χ2n) is 5.12. The van der Waals surface area contributed by atoms with E-state index < -0.39 is 10.0 Å².